The van der Waals surface area contributed by atoms with E-state index in [-0.39, 0.29) is 18.1 Å². The van der Waals surface area contributed by atoms with E-state index in [9.17, 15) is 5.11 Å². The van der Waals surface area contributed by atoms with Crippen molar-refractivity contribution in [2.45, 2.75) is 31.7 Å². The Hall–Kier alpha value is -1.74. The smallest absolute Gasteiger partial charge is 0.0847 e. The van der Waals surface area contributed by atoms with Crippen molar-refractivity contribution in [3.05, 3.63) is 60.1 Å². The molecule has 102 valence electrons. The van der Waals surface area contributed by atoms with Crippen molar-refractivity contribution >= 4 is 0 Å². The van der Waals surface area contributed by atoms with E-state index in [4.69, 9.17) is 5.73 Å². The molecule has 1 atom stereocenters. The minimum atomic E-state index is -0.0817. The van der Waals surface area contributed by atoms with Crippen LogP contribution in [0.2, 0.25) is 0 Å². The average molecular weight is 258 g/mol. The third-order valence-electron chi connectivity index (χ3n) is 3.97. The summed E-state index contributed by atoms with van der Waals surface area (Å²) in [5.41, 5.74) is 9.07. The third kappa shape index (κ3) is 2.26. The lowest BCUT2D eigenvalue weighted by Gasteiger charge is -2.30. The van der Waals surface area contributed by atoms with E-state index in [0.29, 0.717) is 5.70 Å². The van der Waals surface area contributed by atoms with Gasteiger partial charge in [-0.2, -0.15) is 0 Å². The fraction of sp³-hybridized carbons (Fsp3) is 0.375. The van der Waals surface area contributed by atoms with Crippen LogP contribution in [0.5, 0.6) is 0 Å². The van der Waals surface area contributed by atoms with Crippen LogP contribution in [0.15, 0.2) is 48.9 Å². The zero-order chi connectivity index (χ0) is 14.0. The first-order chi connectivity index (χ1) is 9.05. The standard InChI is InChI=1S/C16H22N2O/c1-4-18(12(10-17)11-19)15-9-16(2,3)14-8-6-5-7-13(14)15/h4-8,10,15,19H,1,9,11,17H2,2-3H3/b12-10-. The summed E-state index contributed by atoms with van der Waals surface area (Å²) >= 11 is 0. The molecule has 1 unspecified atom stereocenters. The van der Waals surface area contributed by atoms with Crippen LogP contribution in [0, 0.1) is 0 Å². The van der Waals surface area contributed by atoms with Crippen LogP contribution in [-0.2, 0) is 5.41 Å². The predicted molar refractivity (Wildman–Crippen MR) is 78.2 cm³/mol. The molecule has 0 aromatic heterocycles. The van der Waals surface area contributed by atoms with Gasteiger partial charge < -0.3 is 15.7 Å². The summed E-state index contributed by atoms with van der Waals surface area (Å²) in [4.78, 5) is 1.98. The number of benzene rings is 1. The van der Waals surface area contributed by atoms with Crippen LogP contribution < -0.4 is 5.73 Å². The average Bonchev–Trinajstić information content (AvgIpc) is 2.68. The second kappa shape index (κ2) is 5.10. The van der Waals surface area contributed by atoms with E-state index in [0.717, 1.165) is 6.42 Å². The van der Waals surface area contributed by atoms with Gasteiger partial charge in [0.25, 0.3) is 0 Å². The number of rotatable bonds is 4. The Balaban J connectivity index is 2.45. The van der Waals surface area contributed by atoms with Crippen molar-refractivity contribution in [3.63, 3.8) is 0 Å². The number of fused-ring (bicyclic) bond motifs is 1. The van der Waals surface area contributed by atoms with Gasteiger partial charge in [0.15, 0.2) is 0 Å². The summed E-state index contributed by atoms with van der Waals surface area (Å²) in [5.74, 6) is 0. The first-order valence-electron chi connectivity index (χ1n) is 6.57. The zero-order valence-electron chi connectivity index (χ0n) is 11.6. The molecule has 0 heterocycles. The molecule has 3 N–H and O–H groups in total. The Morgan fingerprint density at radius 2 is 2.21 bits per heavy atom. The van der Waals surface area contributed by atoms with E-state index in [1.165, 1.54) is 17.3 Å². The maximum absolute atomic E-state index is 9.43. The van der Waals surface area contributed by atoms with Crippen molar-refractivity contribution in [1.29, 1.82) is 0 Å². The Labute approximate surface area is 115 Å². The van der Waals surface area contributed by atoms with Crippen molar-refractivity contribution in [2.75, 3.05) is 6.61 Å². The van der Waals surface area contributed by atoms with Gasteiger partial charge in [-0.25, -0.2) is 0 Å². The first-order valence-corrected chi connectivity index (χ1v) is 6.57. The van der Waals surface area contributed by atoms with Gasteiger partial charge in [0, 0.05) is 6.20 Å². The monoisotopic (exact) mass is 258 g/mol. The first kappa shape index (κ1) is 13.7. The molecule has 0 saturated carbocycles. The van der Waals surface area contributed by atoms with Gasteiger partial charge in [0.05, 0.1) is 18.3 Å². The van der Waals surface area contributed by atoms with E-state index in [1.54, 1.807) is 6.20 Å². The number of hydrogen-bond donors (Lipinski definition) is 2. The molecule has 0 fully saturated rings. The molecule has 1 aliphatic carbocycles. The van der Waals surface area contributed by atoms with E-state index < -0.39 is 0 Å². The molecule has 1 aliphatic rings. The molecule has 1 aromatic rings. The molecule has 3 heteroatoms. The lowest BCUT2D eigenvalue weighted by atomic mass is 9.86. The van der Waals surface area contributed by atoms with Gasteiger partial charge in [-0.3, -0.25) is 0 Å². The molecule has 1 aromatic carbocycles. The number of aliphatic hydroxyl groups excluding tert-OH is 1. The highest BCUT2D eigenvalue weighted by Crippen LogP contribution is 2.47. The highest BCUT2D eigenvalue weighted by atomic mass is 16.3. The number of aliphatic hydroxyl groups is 1. The Morgan fingerprint density at radius 1 is 1.53 bits per heavy atom. The van der Waals surface area contributed by atoms with Gasteiger partial charge in [-0.15, -0.1) is 0 Å². The Morgan fingerprint density at radius 3 is 2.79 bits per heavy atom. The number of nitrogens with zero attached hydrogens (tertiary/aromatic N) is 1. The summed E-state index contributed by atoms with van der Waals surface area (Å²) in [6.07, 6.45) is 4.18. The van der Waals surface area contributed by atoms with Gasteiger partial charge in [0.1, 0.15) is 0 Å². The molecular weight excluding hydrogens is 236 g/mol. The van der Waals surface area contributed by atoms with Crippen LogP contribution in [0.4, 0.5) is 0 Å². The van der Waals surface area contributed by atoms with Gasteiger partial charge >= 0.3 is 0 Å². The maximum Gasteiger partial charge on any atom is 0.0847 e. The van der Waals surface area contributed by atoms with E-state index in [1.807, 2.05) is 4.90 Å². The molecule has 0 aliphatic heterocycles. The predicted octanol–water partition coefficient (Wildman–Crippen LogP) is 2.65. The second-order valence-corrected chi connectivity index (χ2v) is 5.60. The summed E-state index contributed by atoms with van der Waals surface area (Å²) in [7, 11) is 0. The molecule has 0 spiro atoms. The molecule has 3 nitrogen and oxygen atoms in total. The van der Waals surface area contributed by atoms with Crippen LogP contribution in [-0.4, -0.2) is 16.6 Å². The van der Waals surface area contributed by atoms with Crippen LogP contribution in [0.25, 0.3) is 0 Å². The van der Waals surface area contributed by atoms with Crippen LogP contribution in [0.3, 0.4) is 0 Å². The van der Waals surface area contributed by atoms with Crippen LogP contribution in [0.1, 0.15) is 37.4 Å². The van der Waals surface area contributed by atoms with Gasteiger partial charge in [0.2, 0.25) is 0 Å². The summed E-state index contributed by atoms with van der Waals surface area (Å²) < 4.78 is 0. The van der Waals surface area contributed by atoms with Crippen molar-refractivity contribution in [3.8, 4) is 0 Å². The summed E-state index contributed by atoms with van der Waals surface area (Å²) in [6.45, 7) is 8.28. The Bertz CT molecular complexity index is 505. The normalized spacial score (nSPS) is 21.0. The summed E-state index contributed by atoms with van der Waals surface area (Å²) in [6, 6.07) is 8.65. The highest BCUT2D eigenvalue weighted by molar-refractivity contribution is 5.42. The minimum absolute atomic E-state index is 0.0817. The van der Waals surface area contributed by atoms with Gasteiger partial charge in [-0.1, -0.05) is 44.7 Å². The molecule has 19 heavy (non-hydrogen) atoms. The fourth-order valence-corrected chi connectivity index (χ4v) is 3.02. The number of hydrogen-bond acceptors (Lipinski definition) is 3. The third-order valence-corrected chi connectivity index (χ3v) is 3.97. The molecule has 0 bridgehead atoms. The van der Waals surface area contributed by atoms with Crippen molar-refractivity contribution < 1.29 is 5.11 Å². The fourth-order valence-electron chi connectivity index (χ4n) is 3.02. The molecule has 2 rings (SSSR count). The largest absolute Gasteiger partial charge is 0.403 e. The van der Waals surface area contributed by atoms with Gasteiger partial charge in [-0.05, 0) is 29.2 Å². The maximum atomic E-state index is 9.43. The van der Waals surface area contributed by atoms with E-state index in [2.05, 4.69) is 44.7 Å². The quantitative estimate of drug-likeness (QED) is 0.873. The SMILES string of the molecule is C=CN(/C(=C\N)CO)C1CC(C)(C)c2ccccc21. The highest BCUT2D eigenvalue weighted by Gasteiger charge is 2.39. The number of nitrogens with two attached hydrogens (primary N) is 1. The minimum Gasteiger partial charge on any atom is -0.403 e. The molecular formula is C16H22N2O. The summed E-state index contributed by atoms with van der Waals surface area (Å²) in [5, 5.41) is 9.43. The molecule has 0 radical (unpaired) electrons. The zero-order valence-corrected chi connectivity index (χ0v) is 11.6. The van der Waals surface area contributed by atoms with E-state index >= 15 is 0 Å². The molecule has 0 amide bonds. The lowest BCUT2D eigenvalue weighted by molar-refractivity contribution is 0.241. The molecule has 0 saturated heterocycles. The van der Waals surface area contributed by atoms with Crippen molar-refractivity contribution in [1.82, 2.24) is 4.90 Å². The van der Waals surface area contributed by atoms with Crippen LogP contribution >= 0.6 is 0 Å². The van der Waals surface area contributed by atoms with Crippen molar-refractivity contribution in [2.24, 2.45) is 5.73 Å². The second-order valence-electron chi connectivity index (χ2n) is 5.60. The Kier molecular flexibility index (Phi) is 3.67. The topological polar surface area (TPSA) is 49.5 Å². The lowest BCUT2D eigenvalue weighted by Crippen LogP contribution is -2.25.